The second kappa shape index (κ2) is 5.14. The number of aldehydes is 1. The third-order valence-electron chi connectivity index (χ3n) is 4.46. The first-order valence-electron chi connectivity index (χ1n) is 6.99. The van der Waals surface area contributed by atoms with Crippen LogP contribution in [-0.2, 0) is 9.53 Å². The van der Waals surface area contributed by atoms with Crippen molar-refractivity contribution in [1.29, 1.82) is 0 Å². The average Bonchev–Trinajstić information content (AvgIpc) is 2.10. The van der Waals surface area contributed by atoms with Gasteiger partial charge < -0.3 is 14.8 Å². The molecule has 1 amide bonds. The maximum atomic E-state index is 11.9. The first-order valence-corrected chi connectivity index (χ1v) is 6.99. The van der Waals surface area contributed by atoms with Gasteiger partial charge in [-0.15, -0.1) is 0 Å². The van der Waals surface area contributed by atoms with Gasteiger partial charge in [0.05, 0.1) is 0 Å². The van der Waals surface area contributed by atoms with Gasteiger partial charge in [0.15, 0.2) is 0 Å². The van der Waals surface area contributed by atoms with E-state index in [1.54, 1.807) is 6.92 Å². The Morgan fingerprint density at radius 3 is 2.00 bits per heavy atom. The third kappa shape index (κ3) is 3.48. The summed E-state index contributed by atoms with van der Waals surface area (Å²) in [5.74, 6) is 0.470. The Labute approximate surface area is 116 Å². The van der Waals surface area contributed by atoms with Crippen LogP contribution in [0.5, 0.6) is 0 Å². The van der Waals surface area contributed by atoms with Crippen LogP contribution in [0.4, 0.5) is 4.79 Å². The molecule has 19 heavy (non-hydrogen) atoms. The Morgan fingerprint density at radius 2 is 1.68 bits per heavy atom. The molecule has 0 heterocycles. The fraction of sp³-hybridized carbons (Fsp3) is 0.867. The van der Waals surface area contributed by atoms with Gasteiger partial charge >= 0.3 is 6.09 Å². The molecule has 0 aromatic carbocycles. The van der Waals surface area contributed by atoms with E-state index in [1.165, 1.54) is 6.42 Å². The quantitative estimate of drug-likeness (QED) is 0.797. The molecule has 1 aliphatic carbocycles. The molecule has 1 unspecified atom stereocenters. The van der Waals surface area contributed by atoms with Gasteiger partial charge in [-0.05, 0) is 51.9 Å². The highest BCUT2D eigenvalue weighted by molar-refractivity contribution is 5.77. The molecule has 0 bridgehead atoms. The first kappa shape index (κ1) is 16.0. The zero-order valence-corrected chi connectivity index (χ0v) is 13.0. The van der Waals surface area contributed by atoms with Gasteiger partial charge in [-0.25, -0.2) is 4.79 Å². The predicted octanol–water partition coefficient (Wildman–Crippen LogP) is 3.30. The topological polar surface area (TPSA) is 55.4 Å². The zero-order valence-electron chi connectivity index (χ0n) is 13.0. The van der Waals surface area contributed by atoms with Crippen molar-refractivity contribution in [2.45, 2.75) is 71.9 Å². The van der Waals surface area contributed by atoms with Gasteiger partial charge in [0.1, 0.15) is 17.4 Å². The van der Waals surface area contributed by atoms with Gasteiger partial charge in [-0.2, -0.15) is 0 Å². The Bertz CT molecular complexity index is 353. The molecule has 1 fully saturated rings. The van der Waals surface area contributed by atoms with Crippen LogP contribution in [0.3, 0.4) is 0 Å². The van der Waals surface area contributed by atoms with Crippen molar-refractivity contribution in [2.24, 2.45) is 11.3 Å². The monoisotopic (exact) mass is 269 g/mol. The number of ether oxygens (including phenoxy) is 1. The van der Waals surface area contributed by atoms with Crippen LogP contribution in [0, 0.1) is 11.3 Å². The van der Waals surface area contributed by atoms with Crippen LogP contribution >= 0.6 is 0 Å². The number of hydrogen-bond donors (Lipinski definition) is 1. The van der Waals surface area contributed by atoms with E-state index in [0.29, 0.717) is 5.92 Å². The Morgan fingerprint density at radius 1 is 1.16 bits per heavy atom. The molecule has 1 atom stereocenters. The molecule has 0 radical (unpaired) electrons. The summed E-state index contributed by atoms with van der Waals surface area (Å²) < 4.78 is 5.25. The summed E-state index contributed by atoms with van der Waals surface area (Å²) in [7, 11) is 0. The largest absolute Gasteiger partial charge is 0.444 e. The zero-order chi connectivity index (χ0) is 14.9. The van der Waals surface area contributed by atoms with Gasteiger partial charge in [-0.1, -0.05) is 20.3 Å². The van der Waals surface area contributed by atoms with E-state index in [2.05, 4.69) is 5.32 Å². The standard InChI is InChI=1S/C15H27NO3/c1-13(2,3)19-12(18)16-15(6,10-17)14(4,5)11-8-7-9-11/h10-11H,7-9H2,1-6H3,(H,16,18). The molecule has 0 aromatic heterocycles. The van der Waals surface area contributed by atoms with Crippen LogP contribution in [0.25, 0.3) is 0 Å². The molecular formula is C15H27NO3. The van der Waals surface area contributed by atoms with E-state index in [9.17, 15) is 9.59 Å². The molecule has 0 aromatic rings. The fourth-order valence-electron chi connectivity index (χ4n) is 2.41. The number of nitrogens with one attached hydrogen (secondary N) is 1. The van der Waals surface area contributed by atoms with Crippen LogP contribution in [0.2, 0.25) is 0 Å². The van der Waals surface area contributed by atoms with Gasteiger partial charge in [0.25, 0.3) is 0 Å². The van der Waals surface area contributed by atoms with E-state index in [0.717, 1.165) is 19.1 Å². The lowest BCUT2D eigenvalue weighted by Gasteiger charge is -2.49. The van der Waals surface area contributed by atoms with Crippen LogP contribution in [0.1, 0.15) is 60.8 Å². The van der Waals surface area contributed by atoms with E-state index >= 15 is 0 Å². The Balaban J connectivity index is 2.79. The highest BCUT2D eigenvalue weighted by Crippen LogP contribution is 2.47. The molecule has 0 spiro atoms. The number of carbonyl (C=O) groups is 2. The molecule has 1 saturated carbocycles. The first-order chi connectivity index (χ1) is 8.52. The van der Waals surface area contributed by atoms with E-state index in [1.807, 2.05) is 34.6 Å². The van der Waals surface area contributed by atoms with Crippen molar-refractivity contribution in [1.82, 2.24) is 5.32 Å². The van der Waals surface area contributed by atoms with Crippen molar-refractivity contribution < 1.29 is 14.3 Å². The smallest absolute Gasteiger partial charge is 0.408 e. The number of amides is 1. The molecule has 110 valence electrons. The summed E-state index contributed by atoms with van der Waals surface area (Å²) in [5, 5.41) is 2.76. The van der Waals surface area contributed by atoms with E-state index < -0.39 is 17.2 Å². The Kier molecular flexibility index (Phi) is 4.33. The minimum atomic E-state index is -0.902. The minimum Gasteiger partial charge on any atom is -0.444 e. The third-order valence-corrected chi connectivity index (χ3v) is 4.46. The molecule has 1 aliphatic rings. The number of carbonyl (C=O) groups excluding carboxylic acids is 2. The van der Waals surface area contributed by atoms with Crippen molar-refractivity contribution in [2.75, 3.05) is 0 Å². The summed E-state index contributed by atoms with van der Waals surface area (Å²) in [6.07, 6.45) is 3.75. The second-order valence-corrected chi connectivity index (χ2v) is 7.30. The van der Waals surface area contributed by atoms with Crippen LogP contribution in [0.15, 0.2) is 0 Å². The molecule has 1 N–H and O–H groups in total. The molecular weight excluding hydrogens is 242 g/mol. The van der Waals surface area contributed by atoms with Gasteiger partial charge in [0.2, 0.25) is 0 Å². The van der Waals surface area contributed by atoms with E-state index in [-0.39, 0.29) is 5.41 Å². The normalized spacial score (nSPS) is 20.1. The average molecular weight is 269 g/mol. The maximum absolute atomic E-state index is 11.9. The minimum absolute atomic E-state index is 0.274. The summed E-state index contributed by atoms with van der Waals surface area (Å²) in [6, 6.07) is 0. The molecule has 0 aliphatic heterocycles. The number of alkyl carbamates (subject to hydrolysis) is 1. The van der Waals surface area contributed by atoms with E-state index in [4.69, 9.17) is 4.74 Å². The predicted molar refractivity (Wildman–Crippen MR) is 75.0 cm³/mol. The maximum Gasteiger partial charge on any atom is 0.408 e. The SMILES string of the molecule is CC(C)(C)OC(=O)NC(C)(C=O)C(C)(C)C1CCC1. The molecule has 0 saturated heterocycles. The molecule has 1 rings (SSSR count). The van der Waals surface area contributed by atoms with Crippen LogP contribution < -0.4 is 5.32 Å². The lowest BCUT2D eigenvalue weighted by atomic mass is 9.59. The summed E-state index contributed by atoms with van der Waals surface area (Å²) in [4.78, 5) is 23.5. The van der Waals surface area contributed by atoms with Gasteiger partial charge in [-0.3, -0.25) is 0 Å². The highest BCUT2D eigenvalue weighted by Gasteiger charge is 2.49. The van der Waals surface area contributed by atoms with Crippen molar-refractivity contribution in [3.8, 4) is 0 Å². The summed E-state index contributed by atoms with van der Waals surface area (Å²) >= 11 is 0. The lowest BCUT2D eigenvalue weighted by Crippen LogP contribution is -2.61. The number of hydrogen-bond acceptors (Lipinski definition) is 3. The van der Waals surface area contributed by atoms with Crippen molar-refractivity contribution >= 4 is 12.4 Å². The summed E-state index contributed by atoms with van der Waals surface area (Å²) in [5.41, 5.74) is -1.74. The van der Waals surface area contributed by atoms with Crippen LogP contribution in [-0.4, -0.2) is 23.5 Å². The number of rotatable bonds is 4. The van der Waals surface area contributed by atoms with Gasteiger partial charge in [0, 0.05) is 0 Å². The second-order valence-electron chi connectivity index (χ2n) is 7.30. The molecule has 4 nitrogen and oxygen atoms in total. The van der Waals surface area contributed by atoms with Crippen molar-refractivity contribution in [3.63, 3.8) is 0 Å². The fourth-order valence-corrected chi connectivity index (χ4v) is 2.41. The Hall–Kier alpha value is -1.06. The summed E-state index contributed by atoms with van der Waals surface area (Å²) in [6.45, 7) is 11.3. The highest BCUT2D eigenvalue weighted by atomic mass is 16.6. The van der Waals surface area contributed by atoms with Crippen molar-refractivity contribution in [3.05, 3.63) is 0 Å². The lowest BCUT2D eigenvalue weighted by molar-refractivity contribution is -0.120. The molecule has 4 heteroatoms.